The van der Waals surface area contributed by atoms with Gasteiger partial charge in [-0.25, -0.2) is 0 Å². The minimum Gasteiger partial charge on any atom is -0.507 e. The molecule has 2 unspecified atom stereocenters. The third-order valence-corrected chi connectivity index (χ3v) is 13.7. The maximum atomic E-state index is 13.7. The molecule has 2 amide bonds. The van der Waals surface area contributed by atoms with Gasteiger partial charge in [-0.3, -0.25) is 19.2 Å². The van der Waals surface area contributed by atoms with Crippen molar-refractivity contribution in [3.63, 3.8) is 0 Å². The standard InChI is InChI=1S/C24H16ClNO3S.C24H17NO3S/c1-24(14-8-3-2-4-9-14)20(28)18-17(21(25)30-22(18)26-23(24)29)16-12-11-13-7-5-6-10-15(13)19(16)27;1-24(15-8-3-2-4-9-15)21(27)19-18(13-29-22(19)25-23(24)28)17-12-11-14-7-5-6-10-16(14)20(17)26/h2-12,27H,1H3,(H,26,29);2-13,26H,1H3,(H,25,28). The minimum atomic E-state index is -1.39. The van der Waals surface area contributed by atoms with Crippen LogP contribution in [-0.2, 0) is 20.4 Å². The van der Waals surface area contributed by atoms with E-state index in [1.54, 1.807) is 56.3 Å². The molecule has 290 valence electrons. The van der Waals surface area contributed by atoms with Gasteiger partial charge in [0.25, 0.3) is 0 Å². The SMILES string of the molecule is CC1(c2ccccc2)C(=O)Nc2sc(Cl)c(-c3ccc4ccccc4c3O)c2C1=O.CC1(c2ccccc2)C(=O)Nc2scc(-c3ccc4ccccc4c3O)c2C1=O. The number of aromatic hydroxyl groups is 2. The zero-order chi connectivity index (χ0) is 41.2. The molecule has 2 aliphatic heterocycles. The summed E-state index contributed by atoms with van der Waals surface area (Å²) in [5.74, 6) is -1.13. The van der Waals surface area contributed by atoms with Gasteiger partial charge in [0.15, 0.2) is 11.6 Å². The Labute approximate surface area is 351 Å². The van der Waals surface area contributed by atoms with Crippen LogP contribution in [0.25, 0.3) is 43.8 Å². The van der Waals surface area contributed by atoms with E-state index in [0.29, 0.717) is 64.2 Å². The van der Waals surface area contributed by atoms with Crippen molar-refractivity contribution in [1.82, 2.24) is 0 Å². The van der Waals surface area contributed by atoms with Crippen LogP contribution in [0.4, 0.5) is 10.0 Å². The Bertz CT molecular complexity index is 3050. The Morgan fingerprint density at radius 2 is 0.966 bits per heavy atom. The van der Waals surface area contributed by atoms with Crippen molar-refractivity contribution < 1.29 is 29.4 Å². The molecule has 0 fully saturated rings. The number of rotatable bonds is 4. The molecule has 8 nitrogen and oxygen atoms in total. The molecule has 0 aliphatic carbocycles. The van der Waals surface area contributed by atoms with Crippen LogP contribution >= 0.6 is 34.3 Å². The van der Waals surface area contributed by atoms with E-state index in [9.17, 15) is 29.4 Å². The lowest BCUT2D eigenvalue weighted by molar-refractivity contribution is -0.120. The van der Waals surface area contributed by atoms with Crippen LogP contribution in [0.15, 0.2) is 139 Å². The van der Waals surface area contributed by atoms with Gasteiger partial charge in [0.05, 0.1) is 11.1 Å². The summed E-state index contributed by atoms with van der Waals surface area (Å²) in [7, 11) is 0. The molecule has 11 heteroatoms. The third-order valence-electron chi connectivity index (χ3n) is 11.4. The number of anilines is 2. The molecular weight excluding hydrogens is 800 g/mol. The Morgan fingerprint density at radius 3 is 1.53 bits per heavy atom. The average Bonchev–Trinajstić information content (AvgIpc) is 3.83. The van der Waals surface area contributed by atoms with E-state index in [-0.39, 0.29) is 29.0 Å². The summed E-state index contributed by atoms with van der Waals surface area (Å²) < 4.78 is 0.344. The van der Waals surface area contributed by atoms with Crippen LogP contribution in [0.2, 0.25) is 4.34 Å². The molecule has 2 aromatic heterocycles. The number of phenols is 2. The predicted octanol–water partition coefficient (Wildman–Crippen LogP) is 11.4. The summed E-state index contributed by atoms with van der Waals surface area (Å²) in [6, 6.07) is 40.5. The molecule has 2 atom stereocenters. The number of benzene rings is 6. The lowest BCUT2D eigenvalue weighted by Crippen LogP contribution is -2.48. The second-order valence-corrected chi connectivity index (χ2v) is 17.2. The quantitative estimate of drug-likeness (QED) is 0.131. The normalized spacial score (nSPS) is 18.4. The second-order valence-electron chi connectivity index (χ2n) is 14.7. The van der Waals surface area contributed by atoms with E-state index in [2.05, 4.69) is 10.6 Å². The Kier molecular flexibility index (Phi) is 9.23. The van der Waals surface area contributed by atoms with Gasteiger partial charge in [-0.05, 0) is 47.9 Å². The first-order valence-corrected chi connectivity index (χ1v) is 20.7. The molecule has 2 aliphatic rings. The number of Topliss-reactive ketones (excluding diaryl/α,β-unsaturated/α-hetero) is 2. The maximum Gasteiger partial charge on any atom is 0.243 e. The van der Waals surface area contributed by atoms with Crippen molar-refractivity contribution in [2.45, 2.75) is 24.7 Å². The van der Waals surface area contributed by atoms with Crippen LogP contribution in [-0.4, -0.2) is 33.6 Å². The molecule has 0 saturated heterocycles. The first kappa shape index (κ1) is 38.0. The Morgan fingerprint density at radius 1 is 0.508 bits per heavy atom. The fraction of sp³-hybridized carbons (Fsp3) is 0.0833. The highest BCUT2D eigenvalue weighted by Crippen LogP contribution is 2.52. The minimum absolute atomic E-state index is 0.0571. The monoisotopic (exact) mass is 832 g/mol. The van der Waals surface area contributed by atoms with Crippen molar-refractivity contribution in [3.8, 4) is 33.8 Å². The molecular formula is C48H33ClN2O6S2. The fourth-order valence-electron chi connectivity index (χ4n) is 7.98. The second kappa shape index (κ2) is 14.4. The van der Waals surface area contributed by atoms with E-state index in [1.807, 2.05) is 96.4 Å². The lowest BCUT2D eigenvalue weighted by atomic mass is 9.73. The van der Waals surface area contributed by atoms with Crippen molar-refractivity contribution in [1.29, 1.82) is 0 Å². The number of ketones is 2. The van der Waals surface area contributed by atoms with Gasteiger partial charge in [-0.2, -0.15) is 0 Å². The van der Waals surface area contributed by atoms with Crippen LogP contribution in [0.3, 0.4) is 0 Å². The highest BCUT2D eigenvalue weighted by atomic mass is 35.5. The molecule has 10 rings (SSSR count). The van der Waals surface area contributed by atoms with E-state index >= 15 is 0 Å². The van der Waals surface area contributed by atoms with Gasteiger partial charge in [-0.1, -0.05) is 133 Å². The number of carbonyl (C=O) groups excluding carboxylic acids is 4. The molecule has 0 radical (unpaired) electrons. The zero-order valence-corrected chi connectivity index (χ0v) is 33.9. The third kappa shape index (κ3) is 5.86. The van der Waals surface area contributed by atoms with E-state index < -0.39 is 16.7 Å². The summed E-state index contributed by atoms with van der Waals surface area (Å²) in [6.45, 7) is 3.28. The Balaban J connectivity index is 0.000000152. The Hall–Kier alpha value is -6.59. The van der Waals surface area contributed by atoms with Crippen molar-refractivity contribution >= 4 is 89.2 Å². The first-order valence-electron chi connectivity index (χ1n) is 18.6. The number of amides is 2. The molecule has 6 aromatic carbocycles. The highest BCUT2D eigenvalue weighted by molar-refractivity contribution is 7.21. The molecule has 0 saturated carbocycles. The number of carbonyl (C=O) groups is 4. The van der Waals surface area contributed by atoms with Crippen LogP contribution in [0.1, 0.15) is 45.7 Å². The van der Waals surface area contributed by atoms with Crippen LogP contribution < -0.4 is 10.6 Å². The molecule has 0 spiro atoms. The number of hydrogen-bond acceptors (Lipinski definition) is 8. The van der Waals surface area contributed by atoms with Crippen LogP contribution in [0, 0.1) is 0 Å². The highest BCUT2D eigenvalue weighted by Gasteiger charge is 2.50. The van der Waals surface area contributed by atoms with Gasteiger partial charge in [-0.15, -0.1) is 22.7 Å². The van der Waals surface area contributed by atoms with Crippen molar-refractivity contribution in [2.75, 3.05) is 10.6 Å². The van der Waals surface area contributed by atoms with Crippen molar-refractivity contribution in [3.05, 3.63) is 165 Å². The lowest BCUT2D eigenvalue weighted by Gasteiger charge is -2.31. The molecule has 0 bridgehead atoms. The first-order chi connectivity index (χ1) is 28.4. The number of fused-ring (bicyclic) bond motifs is 4. The van der Waals surface area contributed by atoms with E-state index in [0.717, 1.165) is 27.5 Å². The summed E-state index contributed by atoms with van der Waals surface area (Å²) in [5, 5.41) is 33.6. The molecule has 4 heterocycles. The molecule has 4 N–H and O–H groups in total. The topological polar surface area (TPSA) is 133 Å². The summed E-state index contributed by atoms with van der Waals surface area (Å²) in [4.78, 5) is 53.3. The summed E-state index contributed by atoms with van der Waals surface area (Å²) >= 11 is 8.98. The number of nitrogens with one attached hydrogen (secondary N) is 2. The summed E-state index contributed by atoms with van der Waals surface area (Å²) in [5.41, 5.74) is 1.47. The fourth-order valence-corrected chi connectivity index (χ4v) is 10.3. The zero-order valence-electron chi connectivity index (χ0n) is 31.5. The van der Waals surface area contributed by atoms with E-state index in [1.165, 1.54) is 11.3 Å². The van der Waals surface area contributed by atoms with Gasteiger partial charge >= 0.3 is 0 Å². The summed E-state index contributed by atoms with van der Waals surface area (Å²) in [6.07, 6.45) is 0. The predicted molar refractivity (Wildman–Crippen MR) is 236 cm³/mol. The van der Waals surface area contributed by atoms with Gasteiger partial charge in [0, 0.05) is 38.4 Å². The maximum absolute atomic E-state index is 13.7. The van der Waals surface area contributed by atoms with Crippen molar-refractivity contribution in [2.24, 2.45) is 0 Å². The van der Waals surface area contributed by atoms with Gasteiger partial charge < -0.3 is 20.8 Å². The molecule has 59 heavy (non-hydrogen) atoms. The van der Waals surface area contributed by atoms with Gasteiger partial charge in [0.1, 0.15) is 36.7 Å². The largest absolute Gasteiger partial charge is 0.507 e. The smallest absolute Gasteiger partial charge is 0.243 e. The molecule has 8 aromatic rings. The number of hydrogen-bond donors (Lipinski definition) is 4. The average molecular weight is 833 g/mol. The number of halogens is 1. The van der Waals surface area contributed by atoms with Crippen LogP contribution in [0.5, 0.6) is 11.5 Å². The number of phenolic OH excluding ortho intramolecular Hbond substituents is 2. The number of thiophene rings is 2. The van der Waals surface area contributed by atoms with E-state index in [4.69, 9.17) is 11.6 Å². The van der Waals surface area contributed by atoms with Gasteiger partial charge in [0.2, 0.25) is 11.8 Å².